The first-order valence-corrected chi connectivity index (χ1v) is 9.06. The predicted molar refractivity (Wildman–Crippen MR) is 84.1 cm³/mol. The highest BCUT2D eigenvalue weighted by Crippen LogP contribution is 2.30. The Hall–Kier alpha value is -0.630. The van der Waals surface area contributed by atoms with E-state index in [-0.39, 0.29) is 10.8 Å². The molecule has 1 fully saturated rings. The van der Waals surface area contributed by atoms with E-state index in [9.17, 15) is 8.42 Å². The molecule has 0 amide bonds. The summed E-state index contributed by atoms with van der Waals surface area (Å²) in [5.41, 5.74) is 0. The zero-order valence-electron chi connectivity index (χ0n) is 12.2. The third-order valence-electron chi connectivity index (χ3n) is 3.58. The molecule has 1 aromatic rings. The molecule has 0 radical (unpaired) electrons. The van der Waals surface area contributed by atoms with Crippen LogP contribution in [0.1, 0.15) is 12.8 Å². The van der Waals surface area contributed by atoms with Crippen LogP contribution in [0.25, 0.3) is 0 Å². The summed E-state index contributed by atoms with van der Waals surface area (Å²) >= 11 is 3.31. The fraction of sp³-hybridized carbons (Fsp3) is 0.571. The van der Waals surface area contributed by atoms with E-state index in [1.165, 1.54) is 11.4 Å². The summed E-state index contributed by atoms with van der Waals surface area (Å²) in [6.45, 7) is 1.85. The highest BCUT2D eigenvalue weighted by atomic mass is 79.9. The third kappa shape index (κ3) is 3.97. The summed E-state index contributed by atoms with van der Waals surface area (Å²) in [6.07, 6.45) is 1.98. The Labute approximate surface area is 134 Å². The monoisotopic (exact) mass is 377 g/mol. The average molecular weight is 378 g/mol. The average Bonchev–Trinajstić information content (AvgIpc) is 2.48. The number of ether oxygens (including phenoxy) is 2. The van der Waals surface area contributed by atoms with E-state index in [0.29, 0.717) is 23.4 Å². The SMILES string of the molecule is COc1ccc(Br)cc1S(=O)(=O)N(C)CC1CCCOC1. The zero-order valence-corrected chi connectivity index (χ0v) is 14.6. The van der Waals surface area contributed by atoms with Crippen LogP contribution in [0.4, 0.5) is 0 Å². The van der Waals surface area contributed by atoms with Crippen LogP contribution in [0.5, 0.6) is 5.75 Å². The number of rotatable bonds is 5. The Balaban J connectivity index is 2.22. The normalized spacial score (nSPS) is 19.7. The Morgan fingerprint density at radius 2 is 2.24 bits per heavy atom. The van der Waals surface area contributed by atoms with E-state index in [1.807, 2.05) is 0 Å². The molecule has 1 unspecified atom stereocenters. The molecule has 1 aliphatic heterocycles. The number of benzene rings is 1. The maximum absolute atomic E-state index is 12.7. The van der Waals surface area contributed by atoms with Crippen molar-refractivity contribution in [2.24, 2.45) is 5.92 Å². The Morgan fingerprint density at radius 1 is 1.48 bits per heavy atom. The topological polar surface area (TPSA) is 55.8 Å². The minimum Gasteiger partial charge on any atom is -0.495 e. The van der Waals surface area contributed by atoms with Crippen molar-refractivity contribution in [3.05, 3.63) is 22.7 Å². The standard InChI is InChI=1S/C14H20BrNO4S/c1-16(9-11-4-3-7-20-10-11)21(17,18)14-8-12(15)5-6-13(14)19-2/h5-6,8,11H,3-4,7,9-10H2,1-2H3. The number of methoxy groups -OCH3 is 1. The molecule has 2 rings (SSSR count). The molecule has 1 atom stereocenters. The largest absolute Gasteiger partial charge is 0.495 e. The van der Waals surface area contributed by atoms with Gasteiger partial charge >= 0.3 is 0 Å². The highest BCUT2D eigenvalue weighted by Gasteiger charge is 2.28. The quantitative estimate of drug-likeness (QED) is 0.790. The van der Waals surface area contributed by atoms with Gasteiger partial charge in [-0.2, -0.15) is 0 Å². The maximum Gasteiger partial charge on any atom is 0.246 e. The van der Waals surface area contributed by atoms with Crippen LogP contribution in [0.3, 0.4) is 0 Å². The van der Waals surface area contributed by atoms with Crippen LogP contribution in [0.2, 0.25) is 0 Å². The van der Waals surface area contributed by atoms with Crippen molar-refractivity contribution in [1.82, 2.24) is 4.31 Å². The Bertz CT molecular complexity index is 585. The van der Waals surface area contributed by atoms with Crippen LogP contribution in [0, 0.1) is 5.92 Å². The van der Waals surface area contributed by atoms with Gasteiger partial charge in [-0.15, -0.1) is 0 Å². The molecule has 21 heavy (non-hydrogen) atoms. The van der Waals surface area contributed by atoms with Gasteiger partial charge in [0.05, 0.1) is 13.7 Å². The molecule has 5 nitrogen and oxygen atoms in total. The van der Waals surface area contributed by atoms with Crippen molar-refractivity contribution in [1.29, 1.82) is 0 Å². The lowest BCUT2D eigenvalue weighted by Gasteiger charge is -2.27. The van der Waals surface area contributed by atoms with Gasteiger partial charge in [-0.05, 0) is 37.0 Å². The van der Waals surface area contributed by atoms with Crippen LogP contribution in [-0.2, 0) is 14.8 Å². The summed E-state index contributed by atoms with van der Waals surface area (Å²) < 4.78 is 38.1. The van der Waals surface area contributed by atoms with E-state index in [2.05, 4.69) is 15.9 Å². The molecule has 1 heterocycles. The van der Waals surface area contributed by atoms with E-state index in [1.54, 1.807) is 25.2 Å². The van der Waals surface area contributed by atoms with Gasteiger partial charge < -0.3 is 9.47 Å². The van der Waals surface area contributed by atoms with Crippen LogP contribution < -0.4 is 4.74 Å². The smallest absolute Gasteiger partial charge is 0.246 e. The number of sulfonamides is 1. The minimum atomic E-state index is -3.58. The number of hydrogen-bond acceptors (Lipinski definition) is 4. The lowest BCUT2D eigenvalue weighted by Crippen LogP contribution is -2.35. The van der Waals surface area contributed by atoms with Gasteiger partial charge in [0.2, 0.25) is 10.0 Å². The molecule has 1 aliphatic rings. The predicted octanol–water partition coefficient (Wildman–Crippen LogP) is 2.50. The van der Waals surface area contributed by atoms with Crippen molar-refractivity contribution in [2.75, 3.05) is 33.9 Å². The van der Waals surface area contributed by atoms with E-state index in [4.69, 9.17) is 9.47 Å². The molecular formula is C14H20BrNO4S. The summed E-state index contributed by atoms with van der Waals surface area (Å²) in [5.74, 6) is 0.599. The van der Waals surface area contributed by atoms with Crippen molar-refractivity contribution < 1.29 is 17.9 Å². The molecule has 0 aliphatic carbocycles. The van der Waals surface area contributed by atoms with Crippen molar-refractivity contribution >= 4 is 26.0 Å². The number of hydrogen-bond donors (Lipinski definition) is 0. The molecule has 118 valence electrons. The van der Waals surface area contributed by atoms with Gasteiger partial charge in [-0.25, -0.2) is 12.7 Å². The fourth-order valence-corrected chi connectivity index (χ4v) is 4.37. The van der Waals surface area contributed by atoms with Gasteiger partial charge in [0, 0.05) is 24.7 Å². The Kier molecular flexibility index (Phi) is 5.65. The number of halogens is 1. The molecule has 0 N–H and O–H groups in total. The van der Waals surface area contributed by atoms with Gasteiger partial charge in [0.1, 0.15) is 10.6 Å². The second-order valence-corrected chi connectivity index (χ2v) is 8.09. The zero-order chi connectivity index (χ0) is 15.5. The van der Waals surface area contributed by atoms with Crippen LogP contribution >= 0.6 is 15.9 Å². The molecule has 1 saturated heterocycles. The van der Waals surface area contributed by atoms with E-state index < -0.39 is 10.0 Å². The Morgan fingerprint density at radius 3 is 2.86 bits per heavy atom. The fourth-order valence-electron chi connectivity index (χ4n) is 2.43. The minimum absolute atomic E-state index is 0.179. The first-order chi connectivity index (χ1) is 9.95. The summed E-state index contributed by atoms with van der Waals surface area (Å²) in [7, 11) is -0.510. The first-order valence-electron chi connectivity index (χ1n) is 6.82. The van der Waals surface area contributed by atoms with Crippen molar-refractivity contribution in [2.45, 2.75) is 17.7 Å². The highest BCUT2D eigenvalue weighted by molar-refractivity contribution is 9.10. The summed E-state index contributed by atoms with van der Waals surface area (Å²) in [6, 6.07) is 4.98. The van der Waals surface area contributed by atoms with Crippen LogP contribution in [-0.4, -0.2) is 46.6 Å². The van der Waals surface area contributed by atoms with Crippen molar-refractivity contribution in [3.63, 3.8) is 0 Å². The second kappa shape index (κ2) is 7.09. The van der Waals surface area contributed by atoms with Crippen molar-refractivity contribution in [3.8, 4) is 5.75 Å². The first kappa shape index (κ1) is 16.7. The number of nitrogens with zero attached hydrogens (tertiary/aromatic N) is 1. The lowest BCUT2D eigenvalue weighted by atomic mass is 10.0. The van der Waals surface area contributed by atoms with Gasteiger partial charge in [0.25, 0.3) is 0 Å². The van der Waals surface area contributed by atoms with E-state index >= 15 is 0 Å². The molecular weight excluding hydrogens is 358 g/mol. The molecule has 1 aromatic carbocycles. The molecule has 0 aromatic heterocycles. The molecule has 7 heteroatoms. The van der Waals surface area contributed by atoms with Gasteiger partial charge in [-0.3, -0.25) is 0 Å². The summed E-state index contributed by atoms with van der Waals surface area (Å²) in [5, 5.41) is 0. The third-order valence-corrected chi connectivity index (χ3v) is 5.92. The molecule has 0 saturated carbocycles. The summed E-state index contributed by atoms with van der Waals surface area (Å²) in [4.78, 5) is 0.179. The van der Waals surface area contributed by atoms with Crippen LogP contribution in [0.15, 0.2) is 27.6 Å². The maximum atomic E-state index is 12.7. The van der Waals surface area contributed by atoms with Gasteiger partial charge in [0.15, 0.2) is 0 Å². The second-order valence-electron chi connectivity index (χ2n) is 5.16. The molecule has 0 spiro atoms. The van der Waals surface area contributed by atoms with E-state index in [0.717, 1.165) is 19.4 Å². The van der Waals surface area contributed by atoms with Gasteiger partial charge in [-0.1, -0.05) is 15.9 Å². The lowest BCUT2D eigenvalue weighted by molar-refractivity contribution is 0.0495. The molecule has 0 bridgehead atoms.